The third-order valence-electron chi connectivity index (χ3n) is 14.0. The van der Waals surface area contributed by atoms with Crippen molar-refractivity contribution in [2.24, 2.45) is 17.2 Å². The molecule has 3 atom stereocenters. The van der Waals surface area contributed by atoms with Crippen LogP contribution in [0.5, 0.6) is 0 Å². The molecule has 0 aliphatic heterocycles. The average Bonchev–Trinajstić information content (AvgIpc) is 3.29. The van der Waals surface area contributed by atoms with Gasteiger partial charge in [0.2, 0.25) is 0 Å². The lowest BCUT2D eigenvalue weighted by molar-refractivity contribution is 0.172. The first-order valence-corrected chi connectivity index (χ1v) is 28.7. The van der Waals surface area contributed by atoms with Gasteiger partial charge >= 0.3 is 0 Å². The van der Waals surface area contributed by atoms with Gasteiger partial charge in [0.25, 0.3) is 0 Å². The molecule has 0 heterocycles. The minimum absolute atomic E-state index is 0.127. The van der Waals surface area contributed by atoms with E-state index in [1.807, 2.05) is 0 Å². The fraction of sp³-hybridized carbons (Fsp3) is 1.00. The van der Waals surface area contributed by atoms with E-state index < -0.39 is 0 Å². The minimum atomic E-state index is -0.322. The zero-order valence-electron chi connectivity index (χ0n) is 44.5. The van der Waals surface area contributed by atoms with E-state index in [1.165, 1.54) is 231 Å². The van der Waals surface area contributed by atoms with Crippen molar-refractivity contribution in [2.75, 3.05) is 19.8 Å². The highest BCUT2D eigenvalue weighted by Crippen LogP contribution is 2.22. The molecule has 0 aliphatic carbocycles. The normalized spacial score (nSPS) is 14.3. The Morgan fingerprint density at radius 3 is 0.619 bits per heavy atom. The van der Waals surface area contributed by atoms with Crippen molar-refractivity contribution in [2.45, 2.75) is 347 Å². The Morgan fingerprint density at radius 2 is 0.413 bits per heavy atom. The quantitative estimate of drug-likeness (QED) is 0.0336. The zero-order valence-corrected chi connectivity index (χ0v) is 44.5. The molecule has 0 saturated heterocycles. The number of unbranched alkanes of at least 4 members (excludes halogenated alkanes) is 34. The second kappa shape index (κ2) is 52.7. The predicted octanol–water partition coefficient (Wildman–Crippen LogP) is 16.7. The highest BCUT2D eigenvalue weighted by molar-refractivity contribution is 4.84. The molecular weight excluding hydrogens is 775 g/mol. The highest BCUT2D eigenvalue weighted by Gasteiger charge is 2.23. The van der Waals surface area contributed by atoms with Crippen LogP contribution in [0.15, 0.2) is 0 Å². The van der Waals surface area contributed by atoms with Gasteiger partial charge in [-0.25, -0.2) is 0 Å². The molecule has 3 unspecified atom stereocenters. The molecule has 0 aromatic rings. The molecule has 0 spiro atoms. The number of aliphatic hydroxyl groups excluding tert-OH is 3. The van der Waals surface area contributed by atoms with E-state index in [9.17, 15) is 15.3 Å². The third kappa shape index (κ3) is 51.0. The van der Waals surface area contributed by atoms with Crippen LogP contribution >= 0.6 is 0 Å². The van der Waals surface area contributed by atoms with Crippen LogP contribution in [-0.4, -0.2) is 51.8 Å². The Kier molecular flexibility index (Phi) is 56.1. The summed E-state index contributed by atoms with van der Waals surface area (Å²) >= 11 is 0. The van der Waals surface area contributed by atoms with Gasteiger partial charge in [0.1, 0.15) is 0 Å². The van der Waals surface area contributed by atoms with Crippen LogP contribution in [0, 0.1) is 0 Å². The molecule has 0 rings (SSSR count). The van der Waals surface area contributed by atoms with E-state index in [0.29, 0.717) is 0 Å². The molecular formula is C57H123N3O3. The summed E-state index contributed by atoms with van der Waals surface area (Å²) in [5, 5.41) is 28.1. The maximum absolute atomic E-state index is 9.45. The summed E-state index contributed by atoms with van der Waals surface area (Å²) in [4.78, 5) is 0. The lowest BCUT2D eigenvalue weighted by atomic mass is 9.88. The van der Waals surface area contributed by atoms with Crippen molar-refractivity contribution in [3.63, 3.8) is 0 Å². The molecule has 0 aliphatic rings. The van der Waals surface area contributed by atoms with E-state index in [0.717, 1.165) is 57.8 Å². The first-order valence-electron chi connectivity index (χ1n) is 28.7. The zero-order chi connectivity index (χ0) is 47.4. The highest BCUT2D eigenvalue weighted by atomic mass is 16.3. The van der Waals surface area contributed by atoms with Crippen molar-refractivity contribution in [1.29, 1.82) is 0 Å². The van der Waals surface area contributed by atoms with E-state index >= 15 is 0 Å². The Balaban J connectivity index is -0.000000857. The van der Waals surface area contributed by atoms with Gasteiger partial charge in [-0.05, 0) is 38.5 Å². The number of rotatable bonds is 48. The van der Waals surface area contributed by atoms with E-state index in [2.05, 4.69) is 41.5 Å². The first kappa shape index (κ1) is 67.0. The third-order valence-corrected chi connectivity index (χ3v) is 14.0. The lowest BCUT2D eigenvalue weighted by Crippen LogP contribution is -2.43. The maximum Gasteiger partial charge on any atom is 0.0611 e. The smallest absolute Gasteiger partial charge is 0.0611 e. The second-order valence-corrected chi connectivity index (χ2v) is 20.7. The molecule has 0 aromatic heterocycles. The largest absolute Gasteiger partial charge is 0.394 e. The summed E-state index contributed by atoms with van der Waals surface area (Å²) in [7, 11) is 0. The molecule has 384 valence electrons. The van der Waals surface area contributed by atoms with Gasteiger partial charge in [0, 0.05) is 16.6 Å². The predicted molar refractivity (Wildman–Crippen MR) is 284 cm³/mol. The molecule has 6 nitrogen and oxygen atoms in total. The molecule has 9 N–H and O–H groups in total. The van der Waals surface area contributed by atoms with Crippen molar-refractivity contribution in [3.05, 3.63) is 0 Å². The molecule has 0 saturated carbocycles. The SMILES string of the molecule is CCCCCCCCCCCCCC(N)(CO)CCCC.CCCCCCCCCCCCCCC(N)(CO)CCC.CCCCCCCCCCCCCCCC(N)(CC)CO. The molecule has 0 radical (unpaired) electrons. The molecule has 0 fully saturated rings. The number of nitrogens with two attached hydrogens (primary N) is 3. The summed E-state index contributed by atoms with van der Waals surface area (Å²) in [5.74, 6) is 0. The summed E-state index contributed by atoms with van der Waals surface area (Å²) in [6.07, 6.45) is 58.5. The first-order chi connectivity index (χ1) is 30.5. The summed E-state index contributed by atoms with van der Waals surface area (Å²) in [6, 6.07) is 0. The molecule has 6 heteroatoms. The van der Waals surface area contributed by atoms with E-state index in [4.69, 9.17) is 17.2 Å². The Bertz CT molecular complexity index is 826. The Hall–Kier alpha value is -0.240. The van der Waals surface area contributed by atoms with Crippen molar-refractivity contribution < 1.29 is 15.3 Å². The van der Waals surface area contributed by atoms with Gasteiger partial charge in [0.15, 0.2) is 0 Å². The Morgan fingerprint density at radius 1 is 0.222 bits per heavy atom. The van der Waals surface area contributed by atoms with Gasteiger partial charge < -0.3 is 32.5 Å². The molecule has 0 aromatic carbocycles. The summed E-state index contributed by atoms with van der Waals surface area (Å²) in [6.45, 7) is 13.6. The van der Waals surface area contributed by atoms with Crippen molar-refractivity contribution >= 4 is 0 Å². The van der Waals surface area contributed by atoms with E-state index in [1.54, 1.807) is 0 Å². The van der Waals surface area contributed by atoms with Crippen LogP contribution in [0.25, 0.3) is 0 Å². The summed E-state index contributed by atoms with van der Waals surface area (Å²) < 4.78 is 0. The fourth-order valence-electron chi connectivity index (χ4n) is 8.91. The van der Waals surface area contributed by atoms with Crippen LogP contribution in [0.1, 0.15) is 330 Å². The maximum atomic E-state index is 9.45. The summed E-state index contributed by atoms with van der Waals surface area (Å²) in [5.41, 5.74) is 17.6. The van der Waals surface area contributed by atoms with Crippen molar-refractivity contribution in [3.8, 4) is 0 Å². The van der Waals surface area contributed by atoms with Gasteiger partial charge in [-0.1, -0.05) is 292 Å². The molecule has 0 amide bonds. The minimum Gasteiger partial charge on any atom is -0.394 e. The van der Waals surface area contributed by atoms with Crippen LogP contribution in [0.3, 0.4) is 0 Å². The molecule has 0 bridgehead atoms. The van der Waals surface area contributed by atoms with Gasteiger partial charge in [-0.15, -0.1) is 0 Å². The second-order valence-electron chi connectivity index (χ2n) is 20.7. The lowest BCUT2D eigenvalue weighted by Gasteiger charge is -2.27. The van der Waals surface area contributed by atoms with Crippen LogP contribution in [0.2, 0.25) is 0 Å². The van der Waals surface area contributed by atoms with Crippen LogP contribution in [-0.2, 0) is 0 Å². The Labute approximate surface area is 398 Å². The van der Waals surface area contributed by atoms with Gasteiger partial charge in [-0.2, -0.15) is 0 Å². The average molecular weight is 899 g/mol. The number of hydrogen-bond acceptors (Lipinski definition) is 6. The number of aliphatic hydroxyl groups is 3. The fourth-order valence-corrected chi connectivity index (χ4v) is 8.91. The molecule has 63 heavy (non-hydrogen) atoms. The van der Waals surface area contributed by atoms with Crippen molar-refractivity contribution in [1.82, 2.24) is 0 Å². The topological polar surface area (TPSA) is 139 Å². The number of hydrogen-bond donors (Lipinski definition) is 6. The van der Waals surface area contributed by atoms with Gasteiger partial charge in [0.05, 0.1) is 19.8 Å². The van der Waals surface area contributed by atoms with Gasteiger partial charge in [-0.3, -0.25) is 0 Å². The standard InChI is InChI=1S/3C19H41NO/c1-3-5-6-7-8-9-10-11-12-13-14-15-16-17-19(20,4-2)18-21;1-3-5-6-7-8-9-10-11-12-13-14-15-17-19(20,18-21)16-4-2;1-3-5-7-8-9-10-11-12-13-14-15-17-19(20,18-21)16-6-4-2/h3*21H,3-18,20H2,1-2H3. The van der Waals surface area contributed by atoms with E-state index in [-0.39, 0.29) is 36.4 Å². The van der Waals surface area contributed by atoms with Crippen LogP contribution < -0.4 is 17.2 Å². The monoisotopic (exact) mass is 898 g/mol. The van der Waals surface area contributed by atoms with Crippen LogP contribution in [0.4, 0.5) is 0 Å².